The number of carbonyl (C=O) groups is 1. The van der Waals surface area contributed by atoms with Gasteiger partial charge in [0.1, 0.15) is 5.54 Å². The molecule has 1 aliphatic rings. The maximum absolute atomic E-state index is 12.1. The van der Waals surface area contributed by atoms with Crippen molar-refractivity contribution in [3.05, 3.63) is 0 Å². The van der Waals surface area contributed by atoms with E-state index < -0.39 is 5.54 Å². The Labute approximate surface area is 128 Å². The molecule has 0 saturated heterocycles. The van der Waals surface area contributed by atoms with Crippen molar-refractivity contribution in [2.24, 2.45) is 0 Å². The van der Waals surface area contributed by atoms with E-state index in [2.05, 4.69) is 5.32 Å². The Morgan fingerprint density at radius 3 is 2.62 bits per heavy atom. The summed E-state index contributed by atoms with van der Waals surface area (Å²) >= 11 is 0. The average molecular weight is 301 g/mol. The molecule has 5 heteroatoms. The molecule has 5 nitrogen and oxygen atoms in total. The number of likely N-dealkylation sites (N-methyl/N-ethyl adjacent to an activating group) is 1. The number of carbonyl (C=O) groups excluding carboxylic acids is 1. The van der Waals surface area contributed by atoms with Gasteiger partial charge in [0.05, 0.1) is 18.8 Å². The molecule has 0 heterocycles. The van der Waals surface area contributed by atoms with Gasteiger partial charge in [-0.05, 0) is 52.5 Å². The second-order valence-electron chi connectivity index (χ2n) is 5.85. The zero-order valence-corrected chi connectivity index (χ0v) is 13.9. The Hall–Kier alpha value is -0.650. The van der Waals surface area contributed by atoms with Gasteiger partial charge in [0.15, 0.2) is 0 Å². The largest absolute Gasteiger partial charge is 0.465 e. The monoisotopic (exact) mass is 301 g/mol. The maximum Gasteiger partial charge on any atom is 0.326 e. The van der Waals surface area contributed by atoms with Gasteiger partial charge in [0.2, 0.25) is 0 Å². The third-order valence-corrected chi connectivity index (χ3v) is 4.16. The van der Waals surface area contributed by atoms with E-state index in [1.54, 1.807) is 7.11 Å². The highest BCUT2D eigenvalue weighted by Gasteiger charge is 2.34. The molecular formula is C16H31NO4. The molecule has 0 amide bonds. The van der Waals surface area contributed by atoms with Crippen LogP contribution in [0.4, 0.5) is 0 Å². The van der Waals surface area contributed by atoms with E-state index >= 15 is 0 Å². The minimum atomic E-state index is -0.667. The Bertz CT molecular complexity index is 311. The SMILES string of the molecule is CCNC(C)(CCOC1CCCC(OC)C1)C(=O)OCC. The lowest BCUT2D eigenvalue weighted by atomic mass is 9.94. The van der Waals surface area contributed by atoms with Crippen LogP contribution in [0, 0.1) is 0 Å². The molecule has 0 bridgehead atoms. The summed E-state index contributed by atoms with van der Waals surface area (Å²) in [5.41, 5.74) is -0.667. The quantitative estimate of drug-likeness (QED) is 0.662. The van der Waals surface area contributed by atoms with Crippen LogP contribution in [0.25, 0.3) is 0 Å². The first-order valence-electron chi connectivity index (χ1n) is 8.12. The molecule has 21 heavy (non-hydrogen) atoms. The van der Waals surface area contributed by atoms with Crippen molar-refractivity contribution in [2.75, 3.05) is 26.9 Å². The van der Waals surface area contributed by atoms with Gasteiger partial charge in [-0.25, -0.2) is 0 Å². The van der Waals surface area contributed by atoms with Crippen molar-refractivity contribution >= 4 is 5.97 Å². The fourth-order valence-corrected chi connectivity index (χ4v) is 2.84. The van der Waals surface area contributed by atoms with Gasteiger partial charge in [-0.2, -0.15) is 0 Å². The van der Waals surface area contributed by atoms with Gasteiger partial charge in [-0.1, -0.05) is 6.92 Å². The summed E-state index contributed by atoms with van der Waals surface area (Å²) in [6, 6.07) is 0. The molecule has 1 aliphatic carbocycles. The van der Waals surface area contributed by atoms with E-state index in [4.69, 9.17) is 14.2 Å². The summed E-state index contributed by atoms with van der Waals surface area (Å²) in [6.07, 6.45) is 5.48. The minimum Gasteiger partial charge on any atom is -0.465 e. The van der Waals surface area contributed by atoms with Crippen LogP contribution in [0.3, 0.4) is 0 Å². The average Bonchev–Trinajstić information content (AvgIpc) is 2.48. The Kier molecular flexibility index (Phi) is 8.22. The standard InChI is InChI=1S/C16H31NO4/c1-5-17-16(3,15(18)20-6-2)10-11-21-14-9-7-8-13(12-14)19-4/h13-14,17H,5-12H2,1-4H3. The lowest BCUT2D eigenvalue weighted by molar-refractivity contribution is -0.151. The predicted octanol–water partition coefficient (Wildman–Crippen LogP) is 2.28. The predicted molar refractivity (Wildman–Crippen MR) is 82.3 cm³/mol. The summed E-state index contributed by atoms with van der Waals surface area (Å²) < 4.78 is 16.5. The molecule has 0 radical (unpaired) electrons. The molecule has 3 unspecified atom stereocenters. The fourth-order valence-electron chi connectivity index (χ4n) is 2.84. The van der Waals surface area contributed by atoms with Gasteiger partial charge >= 0.3 is 5.97 Å². The molecule has 3 atom stereocenters. The molecule has 124 valence electrons. The number of methoxy groups -OCH3 is 1. The van der Waals surface area contributed by atoms with E-state index in [9.17, 15) is 4.79 Å². The summed E-state index contributed by atoms with van der Waals surface area (Å²) in [5, 5.41) is 3.22. The molecular weight excluding hydrogens is 270 g/mol. The van der Waals surface area contributed by atoms with E-state index in [-0.39, 0.29) is 12.1 Å². The molecule has 0 aromatic heterocycles. The van der Waals surface area contributed by atoms with E-state index in [1.807, 2.05) is 20.8 Å². The zero-order valence-electron chi connectivity index (χ0n) is 13.9. The molecule has 1 N–H and O–H groups in total. The van der Waals surface area contributed by atoms with Gasteiger partial charge in [0.25, 0.3) is 0 Å². The topological polar surface area (TPSA) is 56.8 Å². The van der Waals surface area contributed by atoms with E-state index in [1.165, 1.54) is 0 Å². The molecule has 0 aliphatic heterocycles. The van der Waals surface area contributed by atoms with Crippen molar-refractivity contribution in [1.29, 1.82) is 0 Å². The number of hydrogen-bond donors (Lipinski definition) is 1. The maximum atomic E-state index is 12.1. The van der Waals surface area contributed by atoms with Crippen molar-refractivity contribution in [2.45, 2.75) is 70.6 Å². The van der Waals surface area contributed by atoms with Crippen molar-refractivity contribution in [3.63, 3.8) is 0 Å². The minimum absolute atomic E-state index is 0.200. The second-order valence-corrected chi connectivity index (χ2v) is 5.85. The number of ether oxygens (including phenoxy) is 3. The molecule has 1 saturated carbocycles. The molecule has 0 aromatic carbocycles. The molecule has 0 spiro atoms. The second kappa shape index (κ2) is 9.38. The lowest BCUT2D eigenvalue weighted by Crippen LogP contribution is -2.51. The summed E-state index contributed by atoms with van der Waals surface area (Å²) in [6.45, 7) is 7.39. The van der Waals surface area contributed by atoms with Crippen LogP contribution in [0.2, 0.25) is 0 Å². The van der Waals surface area contributed by atoms with Gasteiger partial charge < -0.3 is 19.5 Å². The number of esters is 1. The van der Waals surface area contributed by atoms with E-state index in [0.717, 1.165) is 32.2 Å². The first-order valence-corrected chi connectivity index (χ1v) is 8.12. The molecule has 1 fully saturated rings. The highest BCUT2D eigenvalue weighted by molar-refractivity contribution is 5.80. The van der Waals surface area contributed by atoms with Gasteiger partial charge in [-0.15, -0.1) is 0 Å². The van der Waals surface area contributed by atoms with Crippen LogP contribution < -0.4 is 5.32 Å². The first-order chi connectivity index (χ1) is 10.1. The lowest BCUT2D eigenvalue weighted by Gasteiger charge is -2.31. The first kappa shape index (κ1) is 18.4. The third kappa shape index (κ3) is 5.93. The van der Waals surface area contributed by atoms with Crippen LogP contribution >= 0.6 is 0 Å². The normalized spacial score (nSPS) is 25.3. The van der Waals surface area contributed by atoms with Crippen LogP contribution in [0.1, 0.15) is 52.9 Å². The highest BCUT2D eigenvalue weighted by atomic mass is 16.5. The number of rotatable bonds is 9. The third-order valence-electron chi connectivity index (χ3n) is 4.16. The number of nitrogens with one attached hydrogen (secondary N) is 1. The smallest absolute Gasteiger partial charge is 0.326 e. The highest BCUT2D eigenvalue weighted by Crippen LogP contribution is 2.24. The molecule has 0 aromatic rings. The van der Waals surface area contributed by atoms with Gasteiger partial charge in [0, 0.05) is 13.7 Å². The fraction of sp³-hybridized carbons (Fsp3) is 0.938. The summed E-state index contributed by atoms with van der Waals surface area (Å²) in [7, 11) is 1.76. The summed E-state index contributed by atoms with van der Waals surface area (Å²) in [5.74, 6) is -0.200. The summed E-state index contributed by atoms with van der Waals surface area (Å²) in [4.78, 5) is 12.1. The molecule has 1 rings (SSSR count). The van der Waals surface area contributed by atoms with Crippen molar-refractivity contribution in [1.82, 2.24) is 5.32 Å². The van der Waals surface area contributed by atoms with Crippen LogP contribution in [0.15, 0.2) is 0 Å². The number of hydrogen-bond acceptors (Lipinski definition) is 5. The zero-order chi connectivity index (χ0) is 15.7. The Morgan fingerprint density at radius 1 is 1.29 bits per heavy atom. The Morgan fingerprint density at radius 2 is 2.00 bits per heavy atom. The van der Waals surface area contributed by atoms with Gasteiger partial charge in [-0.3, -0.25) is 4.79 Å². The van der Waals surface area contributed by atoms with Crippen LogP contribution in [0.5, 0.6) is 0 Å². The van der Waals surface area contributed by atoms with Crippen LogP contribution in [-0.2, 0) is 19.0 Å². The van der Waals surface area contributed by atoms with Crippen LogP contribution in [-0.4, -0.2) is 50.6 Å². The Balaban J connectivity index is 2.40. The van der Waals surface area contributed by atoms with E-state index in [0.29, 0.717) is 25.7 Å². The van der Waals surface area contributed by atoms with Crippen molar-refractivity contribution < 1.29 is 19.0 Å². The van der Waals surface area contributed by atoms with Crippen molar-refractivity contribution in [3.8, 4) is 0 Å².